The maximum absolute atomic E-state index is 5.72. The Balaban J connectivity index is 0.00000162. The van der Waals surface area contributed by atoms with Crippen molar-refractivity contribution in [1.82, 2.24) is 4.90 Å². The summed E-state index contributed by atoms with van der Waals surface area (Å²) < 4.78 is 0. The Morgan fingerprint density at radius 2 is 1.89 bits per heavy atom. The normalized spacial score (nSPS) is 17.5. The number of rotatable bonds is 3. The first-order chi connectivity index (χ1) is 8.19. The van der Waals surface area contributed by atoms with Crippen LogP contribution in [0.15, 0.2) is 18.2 Å². The maximum atomic E-state index is 5.72. The van der Waals surface area contributed by atoms with Crippen LogP contribution in [0.3, 0.4) is 0 Å². The van der Waals surface area contributed by atoms with Gasteiger partial charge in [-0.15, -0.1) is 12.4 Å². The van der Waals surface area contributed by atoms with Crippen molar-refractivity contribution in [2.24, 2.45) is 11.7 Å². The van der Waals surface area contributed by atoms with Gasteiger partial charge >= 0.3 is 0 Å². The van der Waals surface area contributed by atoms with Gasteiger partial charge in [-0.3, -0.25) is 4.90 Å². The lowest BCUT2D eigenvalue weighted by Crippen LogP contribution is -2.35. The van der Waals surface area contributed by atoms with E-state index in [0.29, 0.717) is 0 Å². The Morgan fingerprint density at radius 1 is 1.22 bits per heavy atom. The van der Waals surface area contributed by atoms with Gasteiger partial charge in [0.25, 0.3) is 0 Å². The molecule has 1 aliphatic rings. The lowest BCUT2D eigenvalue weighted by Gasteiger charge is -2.31. The molecule has 2 nitrogen and oxygen atoms in total. The Labute approximate surface area is 117 Å². The summed E-state index contributed by atoms with van der Waals surface area (Å²) in [6.45, 7) is 8.74. The maximum Gasteiger partial charge on any atom is 0.0236 e. The van der Waals surface area contributed by atoms with E-state index in [2.05, 4.69) is 36.9 Å². The van der Waals surface area contributed by atoms with Crippen molar-refractivity contribution in [2.45, 2.75) is 33.2 Å². The summed E-state index contributed by atoms with van der Waals surface area (Å²) >= 11 is 0. The highest BCUT2D eigenvalue weighted by atomic mass is 35.5. The minimum Gasteiger partial charge on any atom is -0.330 e. The third kappa shape index (κ3) is 3.98. The molecule has 18 heavy (non-hydrogen) atoms. The van der Waals surface area contributed by atoms with Crippen molar-refractivity contribution in [3.8, 4) is 0 Å². The van der Waals surface area contributed by atoms with E-state index in [9.17, 15) is 0 Å². The Bertz CT molecular complexity index is 371. The molecule has 2 rings (SSSR count). The molecule has 1 saturated heterocycles. The van der Waals surface area contributed by atoms with Crippen LogP contribution in [0.4, 0.5) is 0 Å². The van der Waals surface area contributed by atoms with Crippen LogP contribution in [0.1, 0.15) is 29.5 Å². The first-order valence-electron chi connectivity index (χ1n) is 6.67. The molecule has 1 heterocycles. The number of nitrogens with two attached hydrogens (primary N) is 1. The number of halogens is 1. The highest BCUT2D eigenvalue weighted by molar-refractivity contribution is 5.85. The largest absolute Gasteiger partial charge is 0.330 e. The van der Waals surface area contributed by atoms with Crippen molar-refractivity contribution in [3.63, 3.8) is 0 Å². The number of likely N-dealkylation sites (tertiary alicyclic amines) is 1. The Hall–Kier alpha value is -0.570. The van der Waals surface area contributed by atoms with E-state index in [0.717, 1.165) is 19.0 Å². The molecule has 0 radical (unpaired) electrons. The second kappa shape index (κ2) is 7.13. The lowest BCUT2D eigenvalue weighted by molar-refractivity contribution is 0.180. The van der Waals surface area contributed by atoms with Crippen LogP contribution in [0, 0.1) is 19.8 Å². The molecule has 102 valence electrons. The molecule has 1 aromatic carbocycles. The number of hydrogen-bond donors (Lipinski definition) is 1. The van der Waals surface area contributed by atoms with Crippen molar-refractivity contribution < 1.29 is 0 Å². The fourth-order valence-corrected chi connectivity index (χ4v) is 2.64. The molecule has 0 atom stereocenters. The molecule has 0 aromatic heterocycles. The molecule has 0 bridgehead atoms. The summed E-state index contributed by atoms with van der Waals surface area (Å²) in [6.07, 6.45) is 2.53. The molecular formula is C15H25ClN2. The predicted octanol–water partition coefficient (Wildman–Crippen LogP) is 2.90. The summed E-state index contributed by atoms with van der Waals surface area (Å²) in [5, 5.41) is 0. The number of aryl methyl sites for hydroxylation is 2. The van der Waals surface area contributed by atoms with E-state index in [1.165, 1.54) is 42.6 Å². The number of piperidine rings is 1. The van der Waals surface area contributed by atoms with Crippen LogP contribution in [0.25, 0.3) is 0 Å². The molecule has 0 spiro atoms. The molecule has 2 N–H and O–H groups in total. The molecule has 3 heteroatoms. The third-order valence-corrected chi connectivity index (χ3v) is 3.93. The molecule has 1 aromatic rings. The number of hydrogen-bond acceptors (Lipinski definition) is 2. The van der Waals surface area contributed by atoms with Gasteiger partial charge in [0.05, 0.1) is 0 Å². The highest BCUT2D eigenvalue weighted by Gasteiger charge is 2.18. The summed E-state index contributed by atoms with van der Waals surface area (Å²) in [5.41, 5.74) is 9.97. The topological polar surface area (TPSA) is 29.3 Å². The average molecular weight is 269 g/mol. The van der Waals surface area contributed by atoms with Crippen molar-refractivity contribution in [1.29, 1.82) is 0 Å². The van der Waals surface area contributed by atoms with Gasteiger partial charge in [0.1, 0.15) is 0 Å². The number of benzene rings is 1. The zero-order valence-electron chi connectivity index (χ0n) is 11.5. The second-order valence-corrected chi connectivity index (χ2v) is 5.39. The van der Waals surface area contributed by atoms with Crippen molar-refractivity contribution >= 4 is 12.4 Å². The minimum atomic E-state index is 0. The molecule has 1 fully saturated rings. The Kier molecular flexibility index (Phi) is 6.13. The molecular weight excluding hydrogens is 244 g/mol. The highest BCUT2D eigenvalue weighted by Crippen LogP contribution is 2.19. The van der Waals surface area contributed by atoms with Gasteiger partial charge in [-0.2, -0.15) is 0 Å². The average Bonchev–Trinajstić information content (AvgIpc) is 2.34. The smallest absolute Gasteiger partial charge is 0.0236 e. The van der Waals surface area contributed by atoms with Crippen LogP contribution >= 0.6 is 12.4 Å². The molecule has 1 aliphatic heterocycles. The fourth-order valence-electron chi connectivity index (χ4n) is 2.64. The van der Waals surface area contributed by atoms with Crippen molar-refractivity contribution in [2.75, 3.05) is 19.6 Å². The first kappa shape index (κ1) is 15.5. The van der Waals surface area contributed by atoms with Crippen LogP contribution in [0.2, 0.25) is 0 Å². The van der Waals surface area contributed by atoms with E-state index in [-0.39, 0.29) is 12.4 Å². The molecule has 0 aliphatic carbocycles. The van der Waals surface area contributed by atoms with E-state index < -0.39 is 0 Å². The minimum absolute atomic E-state index is 0. The second-order valence-electron chi connectivity index (χ2n) is 5.39. The summed E-state index contributed by atoms with van der Waals surface area (Å²) in [4.78, 5) is 2.56. The summed E-state index contributed by atoms with van der Waals surface area (Å²) in [7, 11) is 0. The Morgan fingerprint density at radius 3 is 2.44 bits per heavy atom. The molecule has 0 amide bonds. The lowest BCUT2D eigenvalue weighted by atomic mass is 9.96. The number of nitrogens with zero attached hydrogens (tertiary/aromatic N) is 1. The van der Waals surface area contributed by atoms with Gasteiger partial charge in [-0.05, 0) is 63.4 Å². The monoisotopic (exact) mass is 268 g/mol. The molecule has 0 unspecified atom stereocenters. The first-order valence-corrected chi connectivity index (χ1v) is 6.67. The standard InChI is InChI=1S/C15H24N2.ClH/c1-12-3-4-15(13(2)9-12)11-17-7-5-14(10-16)6-8-17;/h3-4,9,14H,5-8,10-11,16H2,1-2H3;1H. The van der Waals surface area contributed by atoms with Crippen LogP contribution in [-0.2, 0) is 6.54 Å². The summed E-state index contributed by atoms with van der Waals surface area (Å²) in [5.74, 6) is 0.755. The van der Waals surface area contributed by atoms with E-state index >= 15 is 0 Å². The van der Waals surface area contributed by atoms with E-state index in [1.807, 2.05) is 0 Å². The zero-order valence-corrected chi connectivity index (χ0v) is 12.3. The van der Waals surface area contributed by atoms with E-state index in [1.54, 1.807) is 0 Å². The quantitative estimate of drug-likeness (QED) is 0.913. The van der Waals surface area contributed by atoms with Gasteiger partial charge < -0.3 is 5.73 Å². The van der Waals surface area contributed by atoms with Crippen LogP contribution in [0.5, 0.6) is 0 Å². The fraction of sp³-hybridized carbons (Fsp3) is 0.600. The van der Waals surface area contributed by atoms with Gasteiger partial charge in [0.2, 0.25) is 0 Å². The van der Waals surface area contributed by atoms with Crippen LogP contribution < -0.4 is 5.73 Å². The zero-order chi connectivity index (χ0) is 12.3. The molecule has 0 saturated carbocycles. The van der Waals surface area contributed by atoms with Gasteiger partial charge in [0.15, 0.2) is 0 Å². The van der Waals surface area contributed by atoms with Gasteiger partial charge in [0, 0.05) is 6.54 Å². The summed E-state index contributed by atoms with van der Waals surface area (Å²) in [6, 6.07) is 6.77. The van der Waals surface area contributed by atoms with Crippen molar-refractivity contribution in [3.05, 3.63) is 34.9 Å². The SMILES string of the molecule is Cc1ccc(CN2CCC(CN)CC2)c(C)c1.Cl. The van der Waals surface area contributed by atoms with Gasteiger partial charge in [-0.1, -0.05) is 23.8 Å². The third-order valence-electron chi connectivity index (χ3n) is 3.93. The van der Waals surface area contributed by atoms with Gasteiger partial charge in [-0.25, -0.2) is 0 Å². The van der Waals surface area contributed by atoms with E-state index in [4.69, 9.17) is 5.73 Å². The van der Waals surface area contributed by atoms with Crippen LogP contribution in [-0.4, -0.2) is 24.5 Å². The predicted molar refractivity (Wildman–Crippen MR) is 80.2 cm³/mol.